The van der Waals surface area contributed by atoms with Gasteiger partial charge in [0.05, 0.1) is 23.8 Å². The molecule has 0 saturated carbocycles. The van der Waals surface area contributed by atoms with Gasteiger partial charge in [-0.3, -0.25) is 4.90 Å². The van der Waals surface area contributed by atoms with Gasteiger partial charge in [0.2, 0.25) is 0 Å². The quantitative estimate of drug-likeness (QED) is 0.110. The van der Waals surface area contributed by atoms with E-state index in [4.69, 9.17) is 18.6 Å². The van der Waals surface area contributed by atoms with E-state index in [-0.39, 0.29) is 23.8 Å². The number of hydrogen-bond donors (Lipinski definition) is 0. The van der Waals surface area contributed by atoms with Crippen molar-refractivity contribution in [2.24, 2.45) is 0 Å². The van der Waals surface area contributed by atoms with Crippen LogP contribution >= 0.6 is 15.9 Å². The molecule has 2 aliphatic rings. The van der Waals surface area contributed by atoms with Crippen molar-refractivity contribution in [3.63, 3.8) is 0 Å². The fourth-order valence-corrected chi connectivity index (χ4v) is 9.66. The lowest BCUT2D eigenvalue weighted by Gasteiger charge is -2.41. The molecule has 5 aromatic carbocycles. The maximum Gasteiger partial charge on any atom is 0.412 e. The molecule has 304 valence electrons. The zero-order chi connectivity index (χ0) is 41.1. The van der Waals surface area contributed by atoms with Crippen molar-refractivity contribution in [2.45, 2.75) is 96.1 Å². The SMILES string of the molecule is CC1(C)OC[C@H](Cc2ccc(OCc3ccccc3)c(C3(CO[Si](C)(C)C(C)(C)C)CN(Cc4ccccc4)c4c(Br)cccc43)c2)N1C(=O)OCc1ccccc1. The molecule has 2 aliphatic heterocycles. The summed E-state index contributed by atoms with van der Waals surface area (Å²) >= 11 is 3.99. The maximum absolute atomic E-state index is 13.8. The number of rotatable bonds is 13. The highest BCUT2D eigenvalue weighted by molar-refractivity contribution is 9.10. The summed E-state index contributed by atoms with van der Waals surface area (Å²) in [4.78, 5) is 18.1. The number of para-hydroxylation sites is 1. The summed E-state index contributed by atoms with van der Waals surface area (Å²) < 4.78 is 27.4. The molecule has 5 aromatic rings. The monoisotopic (exact) mass is 860 g/mol. The standard InChI is InChI=1S/C49H57BrN2O5Si/c1-47(2,3)58(6,7)57-35-49(34-51(30-36-18-11-8-12-19-36)45-41(49)24-17-25-43(45)50)42-29-39(26-27-44(42)54-31-37-20-13-9-14-21-37)28-40-33-56-48(4,5)52(40)46(53)55-32-38-22-15-10-16-23-38/h8-27,29,40H,28,30-35H2,1-7H3/t40-,49?/m0/s1. The first-order valence-electron chi connectivity index (χ1n) is 20.3. The van der Waals surface area contributed by atoms with Crippen LogP contribution in [-0.4, -0.2) is 50.8 Å². The minimum atomic E-state index is -2.23. The summed E-state index contributed by atoms with van der Waals surface area (Å²) in [6, 6.07) is 43.7. The van der Waals surface area contributed by atoms with Crippen LogP contribution in [0.25, 0.3) is 0 Å². The van der Waals surface area contributed by atoms with Crippen molar-refractivity contribution in [3.8, 4) is 5.75 Å². The molecule has 1 saturated heterocycles. The number of carbonyl (C=O) groups excluding carboxylic acids is 1. The lowest BCUT2D eigenvalue weighted by molar-refractivity contribution is -0.0491. The molecule has 1 fully saturated rings. The Bertz CT molecular complexity index is 2180. The van der Waals surface area contributed by atoms with Gasteiger partial charge in [-0.1, -0.05) is 136 Å². The highest BCUT2D eigenvalue weighted by atomic mass is 79.9. The number of anilines is 1. The topological polar surface area (TPSA) is 60.5 Å². The summed E-state index contributed by atoms with van der Waals surface area (Å²) in [5.74, 6) is 0.820. The lowest BCUT2D eigenvalue weighted by atomic mass is 9.75. The van der Waals surface area contributed by atoms with E-state index in [9.17, 15) is 4.79 Å². The first-order valence-corrected chi connectivity index (χ1v) is 24.0. The fourth-order valence-electron chi connectivity index (χ4n) is 8.01. The smallest absolute Gasteiger partial charge is 0.412 e. The predicted molar refractivity (Wildman–Crippen MR) is 239 cm³/mol. The van der Waals surface area contributed by atoms with Crippen LogP contribution in [0.1, 0.15) is 68.0 Å². The third kappa shape index (κ3) is 8.93. The van der Waals surface area contributed by atoms with Gasteiger partial charge in [-0.2, -0.15) is 0 Å². The Labute approximate surface area is 354 Å². The normalized spacial score (nSPS) is 18.9. The van der Waals surface area contributed by atoms with Gasteiger partial charge in [0.25, 0.3) is 0 Å². The molecule has 1 unspecified atom stereocenters. The summed E-state index contributed by atoms with van der Waals surface area (Å²) in [7, 11) is -2.23. The summed E-state index contributed by atoms with van der Waals surface area (Å²) in [6.45, 7) is 18.4. The number of amides is 1. The molecule has 0 aromatic heterocycles. The van der Waals surface area contributed by atoms with Gasteiger partial charge in [-0.05, 0) is 94.3 Å². The lowest BCUT2D eigenvalue weighted by Crippen LogP contribution is -2.48. The van der Waals surface area contributed by atoms with Crippen LogP contribution in [0.15, 0.2) is 132 Å². The van der Waals surface area contributed by atoms with Gasteiger partial charge in [0.1, 0.15) is 24.7 Å². The molecular formula is C49H57BrN2O5Si. The van der Waals surface area contributed by atoms with Gasteiger partial charge < -0.3 is 23.5 Å². The van der Waals surface area contributed by atoms with Gasteiger partial charge in [-0.25, -0.2) is 4.79 Å². The molecule has 9 heteroatoms. The van der Waals surface area contributed by atoms with E-state index in [1.165, 1.54) is 16.8 Å². The third-order valence-electron chi connectivity index (χ3n) is 12.2. The Balaban J connectivity index is 1.32. The molecule has 58 heavy (non-hydrogen) atoms. The van der Waals surface area contributed by atoms with Crippen molar-refractivity contribution >= 4 is 36.0 Å². The Morgan fingerprint density at radius 2 is 1.41 bits per heavy atom. The van der Waals surface area contributed by atoms with Crippen molar-refractivity contribution < 1.29 is 23.4 Å². The Morgan fingerprint density at radius 1 is 0.793 bits per heavy atom. The molecule has 2 atom stereocenters. The Hall–Kier alpha value is -4.41. The Kier molecular flexibility index (Phi) is 12.3. The van der Waals surface area contributed by atoms with Crippen molar-refractivity contribution in [2.75, 3.05) is 24.7 Å². The second-order valence-corrected chi connectivity index (χ2v) is 23.4. The molecule has 0 spiro atoms. The van der Waals surface area contributed by atoms with Crippen molar-refractivity contribution in [1.82, 2.24) is 4.90 Å². The average Bonchev–Trinajstić information content (AvgIpc) is 3.69. The molecule has 1 amide bonds. The van der Waals surface area contributed by atoms with Gasteiger partial charge in [0, 0.05) is 29.7 Å². The van der Waals surface area contributed by atoms with Crippen molar-refractivity contribution in [1.29, 1.82) is 0 Å². The molecule has 0 bridgehead atoms. The number of carbonyl (C=O) groups is 1. The first-order chi connectivity index (χ1) is 27.7. The molecular weight excluding hydrogens is 805 g/mol. The molecule has 0 aliphatic carbocycles. The van der Waals surface area contributed by atoms with E-state index in [0.717, 1.165) is 39.0 Å². The Morgan fingerprint density at radius 3 is 2.05 bits per heavy atom. The highest BCUT2D eigenvalue weighted by Gasteiger charge is 2.50. The fraction of sp³-hybridized carbons (Fsp3) is 0.367. The second kappa shape index (κ2) is 17.1. The van der Waals surface area contributed by atoms with E-state index in [1.807, 2.05) is 62.4 Å². The zero-order valence-corrected chi connectivity index (χ0v) is 37.6. The predicted octanol–water partition coefficient (Wildman–Crippen LogP) is 11.7. The van der Waals surface area contributed by atoms with E-state index < -0.39 is 19.5 Å². The van der Waals surface area contributed by atoms with Crippen LogP contribution in [-0.2, 0) is 45.5 Å². The van der Waals surface area contributed by atoms with Gasteiger partial charge >= 0.3 is 6.09 Å². The molecule has 7 rings (SSSR count). The van der Waals surface area contributed by atoms with Crippen LogP contribution in [0.4, 0.5) is 10.5 Å². The van der Waals surface area contributed by atoms with E-state index in [1.54, 1.807) is 4.90 Å². The molecule has 0 N–H and O–H groups in total. The number of nitrogens with zero attached hydrogens (tertiary/aromatic N) is 2. The van der Waals surface area contributed by atoms with Gasteiger partial charge in [-0.15, -0.1) is 0 Å². The number of ether oxygens (including phenoxy) is 3. The number of fused-ring (bicyclic) bond motifs is 1. The van der Waals surface area contributed by atoms with E-state index >= 15 is 0 Å². The third-order valence-corrected chi connectivity index (χ3v) is 17.3. The largest absolute Gasteiger partial charge is 0.489 e. The highest BCUT2D eigenvalue weighted by Crippen LogP contribution is 2.52. The average molecular weight is 862 g/mol. The van der Waals surface area contributed by atoms with E-state index in [0.29, 0.717) is 32.8 Å². The van der Waals surface area contributed by atoms with Crippen molar-refractivity contribution in [3.05, 3.63) is 165 Å². The summed E-state index contributed by atoms with van der Waals surface area (Å²) in [5.41, 5.74) is 6.39. The summed E-state index contributed by atoms with van der Waals surface area (Å²) in [5, 5.41) is 0.0129. The molecule has 0 radical (unpaired) electrons. The maximum atomic E-state index is 13.8. The first kappa shape index (κ1) is 41.7. The molecule has 2 heterocycles. The van der Waals surface area contributed by atoms with Crippen LogP contribution in [0.2, 0.25) is 18.1 Å². The summed E-state index contributed by atoms with van der Waals surface area (Å²) in [6.07, 6.45) is 0.193. The number of halogens is 1. The number of hydrogen-bond acceptors (Lipinski definition) is 6. The zero-order valence-electron chi connectivity index (χ0n) is 35.0. The van der Waals surface area contributed by atoms with Crippen LogP contribution in [0, 0.1) is 0 Å². The van der Waals surface area contributed by atoms with Crippen LogP contribution in [0.5, 0.6) is 5.75 Å². The minimum Gasteiger partial charge on any atom is -0.489 e. The molecule has 7 nitrogen and oxygen atoms in total. The van der Waals surface area contributed by atoms with E-state index in [2.05, 4.69) is 134 Å². The van der Waals surface area contributed by atoms with Gasteiger partial charge in [0.15, 0.2) is 8.32 Å². The van der Waals surface area contributed by atoms with Crippen LogP contribution < -0.4 is 9.64 Å². The number of benzene rings is 5. The van der Waals surface area contributed by atoms with Crippen LogP contribution in [0.3, 0.4) is 0 Å². The minimum absolute atomic E-state index is 0.0129. The second-order valence-electron chi connectivity index (χ2n) is 17.7.